The van der Waals surface area contributed by atoms with Crippen molar-refractivity contribution in [2.75, 3.05) is 0 Å². The van der Waals surface area contributed by atoms with Crippen LogP contribution in [0.25, 0.3) is 148 Å². The molecule has 0 saturated carbocycles. The quantitative estimate of drug-likeness (QED) is 0.152. The summed E-state index contributed by atoms with van der Waals surface area (Å²) in [7, 11) is 0. The molecule has 16 aromatic rings. The van der Waals surface area contributed by atoms with Crippen molar-refractivity contribution < 1.29 is 0 Å². The van der Waals surface area contributed by atoms with E-state index in [0.29, 0.717) is 0 Å². The van der Waals surface area contributed by atoms with E-state index in [-0.39, 0.29) is 0 Å². The number of benzene rings is 11. The number of para-hydroxylation sites is 4. The fourth-order valence-electron chi connectivity index (χ4n) is 12.3. The average Bonchev–Trinajstić information content (AvgIpc) is 4.43. The monoisotopic (exact) mass is 1030 g/mol. The Morgan fingerprint density at radius 3 is 1.44 bits per heavy atom. The highest BCUT2D eigenvalue weighted by molar-refractivity contribution is 7.21. The van der Waals surface area contributed by atoms with E-state index in [9.17, 15) is 0 Å². The third-order valence-corrected chi connectivity index (χ3v) is 17.0. The first-order valence-electron chi connectivity index (χ1n) is 26.9. The van der Waals surface area contributed by atoms with Crippen molar-refractivity contribution in [1.29, 1.82) is 0 Å². The molecular weight excluding hydrogens is 979 g/mol. The first kappa shape index (κ1) is 45.1. The van der Waals surface area contributed by atoms with Crippen molar-refractivity contribution in [1.82, 2.24) is 23.7 Å². The number of hydrogen-bond donors (Lipinski definition) is 0. The molecule has 370 valence electrons. The molecule has 5 aromatic heterocycles. The Morgan fingerprint density at radius 2 is 0.797 bits per heavy atom. The Kier molecular flexibility index (Phi) is 10.3. The zero-order valence-corrected chi connectivity index (χ0v) is 43.9. The van der Waals surface area contributed by atoms with Crippen LogP contribution in [0.1, 0.15) is 5.56 Å². The zero-order valence-electron chi connectivity index (χ0n) is 43.0. The first-order chi connectivity index (χ1) is 39.1. The Hall–Kier alpha value is -10.1. The lowest BCUT2D eigenvalue weighted by Crippen LogP contribution is -2.09. The normalized spacial score (nSPS) is 11.9. The van der Waals surface area contributed by atoms with Gasteiger partial charge in [0.1, 0.15) is 5.01 Å². The van der Waals surface area contributed by atoms with E-state index in [1.165, 1.54) is 60.4 Å². The summed E-state index contributed by atoms with van der Waals surface area (Å²) in [6.45, 7) is 2.17. The molecule has 0 aliphatic carbocycles. The molecule has 5 heterocycles. The summed E-state index contributed by atoms with van der Waals surface area (Å²) in [4.78, 5) is 11.4. The maximum absolute atomic E-state index is 6.05. The van der Waals surface area contributed by atoms with E-state index in [0.717, 1.165) is 93.2 Å². The average molecular weight is 1030 g/mol. The second kappa shape index (κ2) is 18.0. The van der Waals surface area contributed by atoms with Gasteiger partial charge in [-0.1, -0.05) is 188 Å². The second-order valence-corrected chi connectivity index (χ2v) is 21.6. The first-order valence-corrected chi connectivity index (χ1v) is 27.7. The van der Waals surface area contributed by atoms with Crippen LogP contribution in [0.3, 0.4) is 0 Å². The largest absolute Gasteiger partial charge is 0.309 e. The smallest absolute Gasteiger partial charge is 0.163 e. The Bertz CT molecular complexity index is 5040. The van der Waals surface area contributed by atoms with Gasteiger partial charge in [-0.2, -0.15) is 0 Å². The van der Waals surface area contributed by atoms with Gasteiger partial charge < -0.3 is 9.13 Å². The molecule has 0 saturated heterocycles. The number of rotatable bonds is 8. The number of fused-ring (bicyclic) bond motifs is 10. The summed E-state index contributed by atoms with van der Waals surface area (Å²) in [6, 6.07) is 97.1. The number of aryl methyl sites for hydroxylation is 1. The third-order valence-electron chi connectivity index (χ3n) is 16.0. The summed E-state index contributed by atoms with van der Waals surface area (Å²) in [6.07, 6.45) is 0. The molecular formula is C73H47N5S. The topological polar surface area (TPSA) is 40.6 Å². The molecule has 0 spiro atoms. The second-order valence-electron chi connectivity index (χ2n) is 20.6. The number of hydrogen-bond acceptors (Lipinski definition) is 3. The SMILES string of the molecule is Cc1ccc2c(c1)c1ccccc1n2-c1ccc(-c2cc(-c3ccccc3-c3nc4ccccc4s3)c(-n3c4ccccc4c4cc(-c5ccccc5)ccc43)c(-n3c4ccccc4c4cc(-c5ccccc5)ccc43)n2)cc1. The minimum absolute atomic E-state index is 0.821. The molecule has 79 heavy (non-hydrogen) atoms. The zero-order chi connectivity index (χ0) is 52.1. The summed E-state index contributed by atoms with van der Waals surface area (Å²) in [5.41, 5.74) is 20.7. The lowest BCUT2D eigenvalue weighted by molar-refractivity contribution is 1.03. The van der Waals surface area contributed by atoms with Crippen molar-refractivity contribution in [3.8, 4) is 72.4 Å². The van der Waals surface area contributed by atoms with Gasteiger partial charge in [-0.25, -0.2) is 9.97 Å². The molecule has 11 aromatic carbocycles. The molecule has 0 amide bonds. The minimum atomic E-state index is 0.821. The van der Waals surface area contributed by atoms with Crippen molar-refractivity contribution in [2.24, 2.45) is 0 Å². The maximum Gasteiger partial charge on any atom is 0.163 e. The van der Waals surface area contributed by atoms with Gasteiger partial charge in [0.2, 0.25) is 0 Å². The molecule has 0 N–H and O–H groups in total. The molecule has 0 fully saturated rings. The molecule has 5 nitrogen and oxygen atoms in total. The highest BCUT2D eigenvalue weighted by Crippen LogP contribution is 2.47. The van der Waals surface area contributed by atoms with Crippen molar-refractivity contribution in [3.05, 3.63) is 272 Å². The van der Waals surface area contributed by atoms with Crippen LogP contribution < -0.4 is 0 Å². The number of thiazole rings is 1. The van der Waals surface area contributed by atoms with Gasteiger partial charge in [0.25, 0.3) is 0 Å². The van der Waals surface area contributed by atoms with Gasteiger partial charge in [-0.05, 0) is 120 Å². The van der Waals surface area contributed by atoms with Gasteiger partial charge >= 0.3 is 0 Å². The molecule has 0 atom stereocenters. The van der Waals surface area contributed by atoms with E-state index in [4.69, 9.17) is 9.97 Å². The number of nitrogens with zero attached hydrogens (tertiary/aromatic N) is 5. The summed E-state index contributed by atoms with van der Waals surface area (Å²) in [5, 5.41) is 8.11. The fraction of sp³-hybridized carbons (Fsp3) is 0.0137. The van der Waals surface area contributed by atoms with Crippen LogP contribution in [0.15, 0.2) is 267 Å². The van der Waals surface area contributed by atoms with Crippen LogP contribution in [0, 0.1) is 6.92 Å². The van der Waals surface area contributed by atoms with Crippen molar-refractivity contribution >= 4 is 87.0 Å². The van der Waals surface area contributed by atoms with Gasteiger partial charge in [0.05, 0.1) is 54.7 Å². The van der Waals surface area contributed by atoms with E-state index in [1.54, 1.807) is 11.3 Å². The van der Waals surface area contributed by atoms with E-state index in [2.05, 4.69) is 288 Å². The van der Waals surface area contributed by atoms with E-state index < -0.39 is 0 Å². The predicted molar refractivity (Wildman–Crippen MR) is 332 cm³/mol. The van der Waals surface area contributed by atoms with Crippen LogP contribution in [-0.2, 0) is 0 Å². The third kappa shape index (κ3) is 7.22. The lowest BCUT2D eigenvalue weighted by atomic mass is 9.96. The molecule has 6 heteroatoms. The predicted octanol–water partition coefficient (Wildman–Crippen LogP) is 19.6. The summed E-state index contributed by atoms with van der Waals surface area (Å²) < 4.78 is 8.46. The molecule has 0 radical (unpaired) electrons. The van der Waals surface area contributed by atoms with Crippen LogP contribution in [0.2, 0.25) is 0 Å². The van der Waals surface area contributed by atoms with Crippen LogP contribution in [-0.4, -0.2) is 23.7 Å². The number of pyridine rings is 1. The van der Waals surface area contributed by atoms with Gasteiger partial charge in [-0.15, -0.1) is 11.3 Å². The van der Waals surface area contributed by atoms with Gasteiger partial charge in [-0.3, -0.25) is 4.57 Å². The number of aromatic nitrogens is 5. The Labute approximate surface area is 459 Å². The molecule has 0 unspecified atom stereocenters. The Morgan fingerprint density at radius 1 is 0.316 bits per heavy atom. The molecule has 0 bridgehead atoms. The summed E-state index contributed by atoms with van der Waals surface area (Å²) >= 11 is 1.73. The van der Waals surface area contributed by atoms with Crippen molar-refractivity contribution in [3.63, 3.8) is 0 Å². The minimum Gasteiger partial charge on any atom is -0.309 e. The van der Waals surface area contributed by atoms with Crippen LogP contribution >= 0.6 is 11.3 Å². The maximum atomic E-state index is 6.05. The Balaban J connectivity index is 1.03. The summed E-state index contributed by atoms with van der Waals surface area (Å²) in [5.74, 6) is 0.821. The molecule has 16 rings (SSSR count). The van der Waals surface area contributed by atoms with Crippen LogP contribution in [0.5, 0.6) is 0 Å². The lowest BCUT2D eigenvalue weighted by Gasteiger charge is -2.22. The highest BCUT2D eigenvalue weighted by Gasteiger charge is 2.28. The van der Waals surface area contributed by atoms with Gasteiger partial charge in [0.15, 0.2) is 5.82 Å². The van der Waals surface area contributed by atoms with Crippen molar-refractivity contribution in [2.45, 2.75) is 6.92 Å². The fourth-order valence-corrected chi connectivity index (χ4v) is 13.3. The standard InChI is InChI=1S/C73H47N5S/c1-46-32-39-67-58(42-46)54-23-10-14-28-64(54)76(67)52-37-33-49(34-38-52)63-45-61(53-22-8-9-26-57(53)73-75-62-27-13-17-31-70(62)79-73)71(77-65-29-15-11-24-55(65)59-43-50(35-40-68(59)77)47-18-4-2-5-19-47)72(74-63)78-66-30-16-12-25-56(66)60-44-51(36-41-69(60)78)48-20-6-3-7-21-48/h2-45H,1H3. The molecule has 0 aliphatic heterocycles. The highest BCUT2D eigenvalue weighted by atomic mass is 32.1. The van der Waals surface area contributed by atoms with E-state index >= 15 is 0 Å². The van der Waals surface area contributed by atoms with E-state index in [1.807, 2.05) is 0 Å². The van der Waals surface area contributed by atoms with Gasteiger partial charge in [0, 0.05) is 54.7 Å². The molecule has 0 aliphatic rings. The van der Waals surface area contributed by atoms with Crippen LogP contribution in [0.4, 0.5) is 0 Å².